The van der Waals surface area contributed by atoms with E-state index in [0.29, 0.717) is 11.3 Å². The fourth-order valence-corrected chi connectivity index (χ4v) is 2.31. The summed E-state index contributed by atoms with van der Waals surface area (Å²) in [5.41, 5.74) is 1.51. The highest BCUT2D eigenvalue weighted by Gasteiger charge is 2.11. The minimum atomic E-state index is -1.65. The zero-order chi connectivity index (χ0) is 20.9. The molecule has 0 heterocycles. The Bertz CT molecular complexity index is 958. The maximum Gasteiger partial charge on any atom is 0.360 e. The van der Waals surface area contributed by atoms with Crippen molar-refractivity contribution >= 4 is 28.8 Å². The molecule has 1 atom stereocenters. The van der Waals surface area contributed by atoms with Gasteiger partial charge in [0.2, 0.25) is 11.1 Å². The Morgan fingerprint density at radius 2 is 1.86 bits per heavy atom. The molecule has 2 aromatic rings. The van der Waals surface area contributed by atoms with Gasteiger partial charge in [0.05, 0.1) is 12.9 Å². The number of ether oxygens (including phenoxy) is 2. The van der Waals surface area contributed by atoms with E-state index in [9.17, 15) is 9.00 Å². The topological polar surface area (TPSA) is 74.2 Å². The average molecular weight is 411 g/mol. The quantitative estimate of drug-likeness (QED) is 0.288. The molecule has 0 saturated heterocycles. The third kappa shape index (κ3) is 8.03. The molecule has 0 N–H and O–H groups in total. The van der Waals surface area contributed by atoms with Crippen LogP contribution in [0.2, 0.25) is 0 Å². The summed E-state index contributed by atoms with van der Waals surface area (Å²) in [6.07, 6.45) is 4.36. The largest absolute Gasteiger partial charge is 0.480 e. The number of carbonyl (C=O) groups is 1. The highest BCUT2D eigenvalue weighted by molar-refractivity contribution is 7.79. The van der Waals surface area contributed by atoms with Gasteiger partial charge in [-0.2, -0.15) is 0 Å². The zero-order valence-electron chi connectivity index (χ0n) is 16.2. The number of carbonyl (C=O) groups excluding carboxylic acids is 1. The second-order valence-corrected chi connectivity index (χ2v) is 6.45. The van der Waals surface area contributed by atoms with E-state index >= 15 is 0 Å². The molecule has 0 fully saturated rings. The van der Waals surface area contributed by atoms with E-state index in [1.54, 1.807) is 19.1 Å². The Labute approximate surface area is 172 Å². The molecule has 1 unspecified atom stereocenters. The molecule has 7 heteroatoms. The smallest absolute Gasteiger partial charge is 0.360 e. The lowest BCUT2D eigenvalue weighted by Gasteiger charge is -2.06. The molecule has 0 aliphatic carbocycles. The van der Waals surface area contributed by atoms with E-state index in [1.165, 1.54) is 12.3 Å². The molecule has 0 aliphatic rings. The van der Waals surface area contributed by atoms with Gasteiger partial charge in [-0.15, -0.1) is 0 Å². The Hall–Kier alpha value is -3.37. The number of hydrogen-bond donors (Lipinski definition) is 0. The molecule has 2 aromatic carbocycles. The van der Waals surface area contributed by atoms with E-state index < -0.39 is 17.0 Å². The minimum absolute atomic E-state index is 0.110. The molecule has 150 valence electrons. The predicted molar refractivity (Wildman–Crippen MR) is 114 cm³/mol. The summed E-state index contributed by atoms with van der Waals surface area (Å²) in [5, 5.41) is 3.59. The number of rotatable bonds is 8. The van der Waals surface area contributed by atoms with Crippen LogP contribution in [0.3, 0.4) is 0 Å². The number of nitrogens with zero attached hydrogens (tertiary/aromatic N) is 1. The fourth-order valence-electron chi connectivity index (χ4n) is 2.13. The Morgan fingerprint density at radius 3 is 2.59 bits per heavy atom. The predicted octanol–water partition coefficient (Wildman–Crippen LogP) is 3.36. The van der Waals surface area contributed by atoms with Crippen LogP contribution in [0.25, 0.3) is 6.08 Å². The number of esters is 1. The van der Waals surface area contributed by atoms with Gasteiger partial charge in [-0.1, -0.05) is 53.4 Å². The lowest BCUT2D eigenvalue weighted by molar-refractivity contribution is -0.135. The third-order valence-electron chi connectivity index (χ3n) is 3.37. The van der Waals surface area contributed by atoms with E-state index in [0.717, 1.165) is 5.56 Å². The number of oxime groups is 1. The average Bonchev–Trinajstić information content (AvgIpc) is 2.72. The molecular weight excluding hydrogens is 390 g/mol. The molecule has 0 bridgehead atoms. The first-order valence-electron chi connectivity index (χ1n) is 8.80. The molecular formula is C22H21NO5S. The SMILES string of the molecule is CCOC(=O)C(/C=C/c1ccccc1OCC#Cc1ccccc1)=N\OS(C)=O. The summed E-state index contributed by atoms with van der Waals surface area (Å²) in [6.45, 7) is 2.06. The lowest BCUT2D eigenvalue weighted by atomic mass is 10.1. The van der Waals surface area contributed by atoms with Gasteiger partial charge in [-0.05, 0) is 37.3 Å². The van der Waals surface area contributed by atoms with Crippen molar-refractivity contribution in [2.24, 2.45) is 5.16 Å². The van der Waals surface area contributed by atoms with Crippen molar-refractivity contribution in [3.63, 3.8) is 0 Å². The van der Waals surface area contributed by atoms with Crippen LogP contribution in [0.5, 0.6) is 5.75 Å². The highest BCUT2D eigenvalue weighted by Crippen LogP contribution is 2.19. The summed E-state index contributed by atoms with van der Waals surface area (Å²) in [6, 6.07) is 16.9. The first kappa shape index (κ1) is 21.9. The van der Waals surface area contributed by atoms with Crippen molar-refractivity contribution in [2.75, 3.05) is 19.5 Å². The van der Waals surface area contributed by atoms with Crippen LogP contribution in [0.1, 0.15) is 18.1 Å². The van der Waals surface area contributed by atoms with Gasteiger partial charge < -0.3 is 9.47 Å². The van der Waals surface area contributed by atoms with Crippen LogP contribution in [0.15, 0.2) is 65.8 Å². The molecule has 0 spiro atoms. The van der Waals surface area contributed by atoms with Gasteiger partial charge in [-0.3, -0.25) is 4.28 Å². The summed E-state index contributed by atoms with van der Waals surface area (Å²) in [4.78, 5) is 12.0. The molecule has 0 saturated carbocycles. The maximum absolute atomic E-state index is 12.0. The minimum Gasteiger partial charge on any atom is -0.480 e. The normalized spacial score (nSPS) is 12.0. The number of benzene rings is 2. The Morgan fingerprint density at radius 1 is 1.14 bits per heavy atom. The molecule has 0 amide bonds. The van der Waals surface area contributed by atoms with E-state index in [1.807, 2.05) is 48.5 Å². The van der Waals surface area contributed by atoms with Crippen molar-refractivity contribution in [3.8, 4) is 17.6 Å². The molecule has 0 radical (unpaired) electrons. The van der Waals surface area contributed by atoms with Crippen molar-refractivity contribution in [1.82, 2.24) is 0 Å². The van der Waals surface area contributed by atoms with Crippen LogP contribution in [0.4, 0.5) is 0 Å². The highest BCUT2D eigenvalue weighted by atomic mass is 32.2. The van der Waals surface area contributed by atoms with Crippen LogP contribution < -0.4 is 4.74 Å². The van der Waals surface area contributed by atoms with Crippen LogP contribution >= 0.6 is 0 Å². The Balaban J connectivity index is 2.11. The summed E-state index contributed by atoms with van der Waals surface area (Å²) >= 11 is -1.65. The first-order chi connectivity index (χ1) is 14.1. The lowest BCUT2D eigenvalue weighted by Crippen LogP contribution is -2.16. The van der Waals surface area contributed by atoms with E-state index in [2.05, 4.69) is 21.3 Å². The van der Waals surface area contributed by atoms with Gasteiger partial charge in [0.15, 0.2) is 5.71 Å². The van der Waals surface area contributed by atoms with E-state index in [-0.39, 0.29) is 18.9 Å². The standard InChI is InChI=1S/C22H21NO5S/c1-3-26-22(24)20(23-28-29(2)25)16-15-19-13-7-8-14-21(19)27-17-9-12-18-10-5-4-6-11-18/h4-8,10-11,13-16H,3,17H2,1-2H3/b16-15+,23-20-. The summed E-state index contributed by atoms with van der Waals surface area (Å²) in [7, 11) is 0. The van der Waals surface area contributed by atoms with Crippen molar-refractivity contribution in [1.29, 1.82) is 0 Å². The first-order valence-corrected chi connectivity index (χ1v) is 10.3. The molecule has 6 nitrogen and oxygen atoms in total. The van der Waals surface area contributed by atoms with Crippen molar-refractivity contribution in [3.05, 3.63) is 71.8 Å². The van der Waals surface area contributed by atoms with Gasteiger partial charge in [0.1, 0.15) is 12.4 Å². The third-order valence-corrected chi connectivity index (χ3v) is 3.66. The Kier molecular flexibility index (Phi) is 9.19. The maximum atomic E-state index is 12.0. The van der Waals surface area contributed by atoms with E-state index in [4.69, 9.17) is 9.47 Å². The van der Waals surface area contributed by atoms with Crippen LogP contribution in [-0.4, -0.2) is 35.4 Å². The second-order valence-electron chi connectivity index (χ2n) is 5.50. The van der Waals surface area contributed by atoms with Gasteiger partial charge in [-0.25, -0.2) is 9.00 Å². The van der Waals surface area contributed by atoms with Crippen molar-refractivity contribution < 1.29 is 22.8 Å². The fraction of sp³-hybridized carbons (Fsp3) is 0.182. The zero-order valence-corrected chi connectivity index (χ0v) is 17.0. The molecule has 29 heavy (non-hydrogen) atoms. The molecule has 2 rings (SSSR count). The van der Waals surface area contributed by atoms with Gasteiger partial charge in [0, 0.05) is 11.1 Å². The summed E-state index contributed by atoms with van der Waals surface area (Å²) < 4.78 is 26.4. The van der Waals surface area contributed by atoms with Gasteiger partial charge >= 0.3 is 5.97 Å². The summed E-state index contributed by atoms with van der Waals surface area (Å²) in [5.74, 6) is 5.90. The van der Waals surface area contributed by atoms with Crippen LogP contribution in [-0.2, 0) is 24.9 Å². The van der Waals surface area contributed by atoms with Crippen molar-refractivity contribution in [2.45, 2.75) is 6.92 Å². The molecule has 0 aromatic heterocycles. The monoisotopic (exact) mass is 411 g/mol. The number of para-hydroxylation sites is 1. The number of hydrogen-bond acceptors (Lipinski definition) is 6. The van der Waals surface area contributed by atoms with Crippen LogP contribution in [0, 0.1) is 11.8 Å². The molecule has 0 aliphatic heterocycles. The van der Waals surface area contributed by atoms with Gasteiger partial charge in [0.25, 0.3) is 0 Å². The second kappa shape index (κ2) is 12.2.